The average molecular weight is 381 g/mol. The van der Waals surface area contributed by atoms with Crippen LogP contribution in [0.2, 0.25) is 0 Å². The van der Waals surface area contributed by atoms with E-state index in [0.29, 0.717) is 6.54 Å². The zero-order valence-electron chi connectivity index (χ0n) is 15.3. The molecule has 138 valence electrons. The molecular weight excluding hydrogens is 360 g/mol. The number of cyclic esters (lactones) is 1. The van der Waals surface area contributed by atoms with Crippen LogP contribution in [0.5, 0.6) is 0 Å². The first-order valence-corrected chi connectivity index (χ1v) is 9.35. The van der Waals surface area contributed by atoms with Gasteiger partial charge in [0.05, 0.1) is 12.2 Å². The first-order chi connectivity index (χ1) is 13.0. The van der Waals surface area contributed by atoms with E-state index in [1.807, 2.05) is 86.8 Å². The van der Waals surface area contributed by atoms with Gasteiger partial charge in [0.1, 0.15) is 16.4 Å². The molecule has 2 atom stereocenters. The largest absolute Gasteiger partial charge is 0.457 e. The third kappa shape index (κ3) is 2.67. The summed E-state index contributed by atoms with van der Waals surface area (Å²) in [7, 11) is 0. The minimum atomic E-state index is -1.09. The Balaban J connectivity index is 1.86. The maximum Gasteiger partial charge on any atom is 0.323 e. The molecule has 2 heterocycles. The minimum absolute atomic E-state index is 0.328. The number of hydrogen-bond donors (Lipinski definition) is 0. The van der Waals surface area contributed by atoms with Crippen LogP contribution in [0.1, 0.15) is 23.7 Å². The van der Waals surface area contributed by atoms with E-state index in [2.05, 4.69) is 5.10 Å². The number of benzene rings is 2. The van der Waals surface area contributed by atoms with Crippen molar-refractivity contribution in [1.29, 1.82) is 0 Å². The molecule has 0 saturated carbocycles. The molecule has 2 aromatic carbocycles. The molecule has 0 spiro atoms. The SMILES string of the molecule is Cc1ccn(CC2OC(=O)C(c3ccccc3)(c3ccccc3)C2(C)Cl)n1. The van der Waals surface area contributed by atoms with Crippen LogP contribution in [0.15, 0.2) is 72.9 Å². The van der Waals surface area contributed by atoms with Crippen molar-refractivity contribution in [2.75, 3.05) is 0 Å². The van der Waals surface area contributed by atoms with Crippen LogP contribution in [-0.4, -0.2) is 26.7 Å². The molecule has 5 heteroatoms. The summed E-state index contributed by atoms with van der Waals surface area (Å²) in [4.78, 5) is 12.4. The van der Waals surface area contributed by atoms with Crippen LogP contribution >= 0.6 is 11.6 Å². The highest BCUT2D eigenvalue weighted by molar-refractivity contribution is 6.29. The predicted molar refractivity (Wildman–Crippen MR) is 105 cm³/mol. The lowest BCUT2D eigenvalue weighted by Gasteiger charge is -2.38. The van der Waals surface area contributed by atoms with Crippen LogP contribution in [-0.2, 0) is 21.5 Å². The van der Waals surface area contributed by atoms with Crippen molar-refractivity contribution in [1.82, 2.24) is 9.78 Å². The summed E-state index contributed by atoms with van der Waals surface area (Å²) in [5.74, 6) is -0.328. The number of ether oxygens (including phenoxy) is 1. The molecule has 0 bridgehead atoms. The van der Waals surface area contributed by atoms with Crippen molar-refractivity contribution in [2.45, 2.75) is 36.8 Å². The van der Waals surface area contributed by atoms with Crippen molar-refractivity contribution in [3.63, 3.8) is 0 Å². The summed E-state index contributed by atoms with van der Waals surface area (Å²) in [6.07, 6.45) is 1.35. The van der Waals surface area contributed by atoms with Gasteiger partial charge in [-0.15, -0.1) is 11.6 Å². The predicted octanol–water partition coefficient (Wildman–Crippen LogP) is 4.10. The van der Waals surface area contributed by atoms with Crippen molar-refractivity contribution in [3.8, 4) is 0 Å². The summed E-state index contributed by atoms with van der Waals surface area (Å²) in [5, 5.41) is 4.42. The fourth-order valence-corrected chi connectivity index (χ4v) is 4.46. The molecule has 0 amide bonds. The van der Waals surface area contributed by atoms with Gasteiger partial charge in [0.25, 0.3) is 0 Å². The van der Waals surface area contributed by atoms with Gasteiger partial charge in [-0.3, -0.25) is 9.48 Å². The van der Waals surface area contributed by atoms with Gasteiger partial charge in [-0.2, -0.15) is 5.10 Å². The molecule has 0 radical (unpaired) electrons. The number of alkyl halides is 1. The molecule has 1 saturated heterocycles. The van der Waals surface area contributed by atoms with E-state index in [0.717, 1.165) is 16.8 Å². The van der Waals surface area contributed by atoms with E-state index in [1.165, 1.54) is 0 Å². The van der Waals surface area contributed by atoms with Crippen LogP contribution in [0.3, 0.4) is 0 Å². The maximum absolute atomic E-state index is 13.4. The highest BCUT2D eigenvalue weighted by atomic mass is 35.5. The van der Waals surface area contributed by atoms with Crippen molar-refractivity contribution < 1.29 is 9.53 Å². The zero-order valence-corrected chi connectivity index (χ0v) is 16.1. The zero-order chi connectivity index (χ0) is 19.1. The van der Waals surface area contributed by atoms with E-state index in [4.69, 9.17) is 16.3 Å². The van der Waals surface area contributed by atoms with Gasteiger partial charge < -0.3 is 4.74 Å². The maximum atomic E-state index is 13.4. The molecular formula is C22H21ClN2O2. The molecule has 4 nitrogen and oxygen atoms in total. The number of carbonyl (C=O) groups excluding carboxylic acids is 1. The van der Waals surface area contributed by atoms with Crippen LogP contribution in [0.4, 0.5) is 0 Å². The Labute approximate surface area is 163 Å². The molecule has 0 aliphatic carbocycles. The number of aryl methyl sites for hydroxylation is 1. The Kier molecular flexibility index (Phi) is 4.31. The highest BCUT2D eigenvalue weighted by Gasteiger charge is 2.66. The average Bonchev–Trinajstić information content (AvgIpc) is 3.16. The number of aromatic nitrogens is 2. The fraction of sp³-hybridized carbons (Fsp3) is 0.273. The van der Waals surface area contributed by atoms with Gasteiger partial charge >= 0.3 is 5.97 Å². The minimum Gasteiger partial charge on any atom is -0.457 e. The summed E-state index contributed by atoms with van der Waals surface area (Å²) >= 11 is 7.19. The molecule has 3 aromatic rings. The Morgan fingerprint density at radius 1 is 1.04 bits per heavy atom. The van der Waals surface area contributed by atoms with E-state index in [9.17, 15) is 4.79 Å². The number of esters is 1. The number of rotatable bonds is 4. The summed E-state index contributed by atoms with van der Waals surface area (Å²) in [5.41, 5.74) is 1.48. The summed E-state index contributed by atoms with van der Waals surface area (Å²) in [6, 6.07) is 21.2. The van der Waals surface area contributed by atoms with Gasteiger partial charge in [0.15, 0.2) is 0 Å². The third-order valence-electron chi connectivity index (χ3n) is 5.43. The number of nitrogens with zero attached hydrogens (tertiary/aromatic N) is 2. The first kappa shape index (κ1) is 17.8. The van der Waals surface area contributed by atoms with E-state index in [-0.39, 0.29) is 5.97 Å². The fourth-order valence-electron chi connectivity index (χ4n) is 4.06. The van der Waals surface area contributed by atoms with Gasteiger partial charge in [-0.05, 0) is 31.0 Å². The first-order valence-electron chi connectivity index (χ1n) is 8.97. The van der Waals surface area contributed by atoms with E-state index < -0.39 is 16.4 Å². The molecule has 2 unspecified atom stereocenters. The Morgan fingerprint density at radius 3 is 2.07 bits per heavy atom. The lowest BCUT2D eigenvalue weighted by atomic mass is 9.65. The molecule has 4 rings (SSSR count). The normalized spacial score (nSPS) is 24.0. The standard InChI is InChI=1S/C22H21ClN2O2/c1-16-13-14-25(24-16)15-19-21(2,23)22(20(26)27-19,17-9-5-3-6-10-17)18-11-7-4-8-12-18/h3-14,19H,15H2,1-2H3. The summed E-state index contributed by atoms with van der Waals surface area (Å²) < 4.78 is 7.66. The smallest absolute Gasteiger partial charge is 0.323 e. The molecule has 1 aliphatic heterocycles. The Bertz CT molecular complexity index is 911. The van der Waals surface area contributed by atoms with Gasteiger partial charge in [-0.25, -0.2) is 0 Å². The van der Waals surface area contributed by atoms with Crippen LogP contribution < -0.4 is 0 Å². The Morgan fingerprint density at radius 2 is 1.59 bits per heavy atom. The second-order valence-corrected chi connectivity index (χ2v) is 7.92. The Hall–Kier alpha value is -2.59. The summed E-state index contributed by atoms with van der Waals surface area (Å²) in [6.45, 7) is 4.22. The molecule has 1 aliphatic rings. The quantitative estimate of drug-likeness (QED) is 0.505. The van der Waals surface area contributed by atoms with Gasteiger partial charge in [-0.1, -0.05) is 60.7 Å². The van der Waals surface area contributed by atoms with Crippen molar-refractivity contribution in [3.05, 3.63) is 89.7 Å². The molecule has 27 heavy (non-hydrogen) atoms. The monoisotopic (exact) mass is 380 g/mol. The molecule has 0 N–H and O–H groups in total. The lowest BCUT2D eigenvalue weighted by Crippen LogP contribution is -2.51. The van der Waals surface area contributed by atoms with Crippen molar-refractivity contribution >= 4 is 17.6 Å². The topological polar surface area (TPSA) is 44.1 Å². The number of carbonyl (C=O) groups is 1. The third-order valence-corrected chi connectivity index (χ3v) is 5.96. The number of hydrogen-bond acceptors (Lipinski definition) is 3. The molecule has 1 aromatic heterocycles. The van der Waals surface area contributed by atoms with Gasteiger partial charge in [0, 0.05) is 6.20 Å². The highest BCUT2D eigenvalue weighted by Crippen LogP contribution is 2.54. The van der Waals surface area contributed by atoms with Crippen molar-refractivity contribution in [2.24, 2.45) is 0 Å². The van der Waals surface area contributed by atoms with Gasteiger partial charge in [0.2, 0.25) is 0 Å². The van der Waals surface area contributed by atoms with E-state index in [1.54, 1.807) is 4.68 Å². The van der Waals surface area contributed by atoms with Crippen LogP contribution in [0.25, 0.3) is 0 Å². The number of halogens is 1. The molecule has 1 fully saturated rings. The second kappa shape index (κ2) is 6.54. The second-order valence-electron chi connectivity index (χ2n) is 7.13. The van der Waals surface area contributed by atoms with E-state index >= 15 is 0 Å². The van der Waals surface area contributed by atoms with Crippen LogP contribution in [0, 0.1) is 6.92 Å². The lowest BCUT2D eigenvalue weighted by molar-refractivity contribution is -0.145.